The molecular weight excluding hydrogens is 281 g/mol. The van der Waals surface area contributed by atoms with Crippen molar-refractivity contribution < 1.29 is 9.18 Å². The fourth-order valence-electron chi connectivity index (χ4n) is 3.32. The second-order valence-electron chi connectivity index (χ2n) is 6.44. The van der Waals surface area contributed by atoms with E-state index in [4.69, 9.17) is 4.99 Å². The van der Waals surface area contributed by atoms with Gasteiger partial charge in [-0.15, -0.1) is 0 Å². The van der Waals surface area contributed by atoms with Gasteiger partial charge in [0.1, 0.15) is 11.7 Å². The van der Waals surface area contributed by atoms with Gasteiger partial charge in [-0.1, -0.05) is 18.6 Å². The zero-order valence-electron chi connectivity index (χ0n) is 13.1. The summed E-state index contributed by atoms with van der Waals surface area (Å²) in [5.41, 5.74) is 0.928. The normalized spacial score (nSPS) is 24.6. The highest BCUT2D eigenvalue weighted by atomic mass is 19.1. The predicted octanol–water partition coefficient (Wildman–Crippen LogP) is 2.30. The minimum absolute atomic E-state index is 0.0337. The van der Waals surface area contributed by atoms with Crippen molar-refractivity contribution in [3.8, 4) is 0 Å². The molecule has 1 aromatic rings. The lowest BCUT2D eigenvalue weighted by atomic mass is 9.99. The summed E-state index contributed by atoms with van der Waals surface area (Å²) < 4.78 is 13.1. The molecule has 1 heterocycles. The molecule has 1 amide bonds. The zero-order chi connectivity index (χ0) is 15.7. The van der Waals surface area contributed by atoms with Crippen LogP contribution >= 0.6 is 0 Å². The van der Waals surface area contributed by atoms with Crippen LogP contribution in [0.3, 0.4) is 0 Å². The fraction of sp³-hybridized carbons (Fsp3) is 0.529. The molecule has 5 heteroatoms. The quantitative estimate of drug-likeness (QED) is 0.855. The Morgan fingerprint density at radius 2 is 2.00 bits per heavy atom. The molecule has 0 bridgehead atoms. The maximum Gasteiger partial charge on any atom is 0.233 e. The Labute approximate surface area is 130 Å². The summed E-state index contributed by atoms with van der Waals surface area (Å²) in [7, 11) is 3.95. The first kappa shape index (κ1) is 15.2. The molecule has 2 atom stereocenters. The van der Waals surface area contributed by atoms with Crippen LogP contribution in [0, 0.1) is 11.7 Å². The molecule has 118 valence electrons. The van der Waals surface area contributed by atoms with Gasteiger partial charge in [0.2, 0.25) is 5.91 Å². The number of halogens is 1. The second-order valence-corrected chi connectivity index (χ2v) is 6.44. The third kappa shape index (κ3) is 3.04. The number of amidine groups is 1. The Balaban J connectivity index is 1.86. The number of fused-ring (bicyclic) bond motifs is 1. The molecule has 0 N–H and O–H groups in total. The Hall–Kier alpha value is -1.75. The lowest BCUT2D eigenvalue weighted by Gasteiger charge is -2.34. The second kappa shape index (κ2) is 6.16. The lowest BCUT2D eigenvalue weighted by molar-refractivity contribution is -0.133. The molecule has 1 aliphatic heterocycles. The van der Waals surface area contributed by atoms with Gasteiger partial charge in [0.05, 0.1) is 25.0 Å². The van der Waals surface area contributed by atoms with E-state index >= 15 is 0 Å². The van der Waals surface area contributed by atoms with E-state index in [0.717, 1.165) is 30.7 Å². The molecule has 1 aliphatic carbocycles. The molecular formula is C17H22FN3O. The molecule has 1 fully saturated rings. The third-order valence-corrected chi connectivity index (χ3v) is 4.40. The largest absolute Gasteiger partial charge is 0.302 e. The predicted molar refractivity (Wildman–Crippen MR) is 84.1 cm³/mol. The minimum atomic E-state index is -0.258. The van der Waals surface area contributed by atoms with Gasteiger partial charge in [-0.25, -0.2) is 4.39 Å². The van der Waals surface area contributed by atoms with E-state index in [9.17, 15) is 9.18 Å². The van der Waals surface area contributed by atoms with Crippen LogP contribution in [0.1, 0.15) is 24.8 Å². The molecule has 1 aromatic carbocycles. The van der Waals surface area contributed by atoms with E-state index in [1.807, 2.05) is 19.0 Å². The summed E-state index contributed by atoms with van der Waals surface area (Å²) in [6.07, 6.45) is 3.02. The summed E-state index contributed by atoms with van der Waals surface area (Å²) in [5.74, 6) is 0.791. The van der Waals surface area contributed by atoms with Crippen molar-refractivity contribution in [3.63, 3.8) is 0 Å². The van der Waals surface area contributed by atoms with Crippen LogP contribution in [0.25, 0.3) is 0 Å². The fourth-order valence-corrected chi connectivity index (χ4v) is 3.32. The van der Waals surface area contributed by atoms with Crippen molar-refractivity contribution in [2.45, 2.75) is 31.8 Å². The highest BCUT2D eigenvalue weighted by Gasteiger charge is 2.40. The third-order valence-electron chi connectivity index (χ3n) is 4.40. The van der Waals surface area contributed by atoms with Gasteiger partial charge in [-0.3, -0.25) is 14.7 Å². The molecule has 3 rings (SSSR count). The van der Waals surface area contributed by atoms with Crippen molar-refractivity contribution in [2.75, 3.05) is 20.6 Å². The van der Waals surface area contributed by atoms with Crippen LogP contribution in [-0.4, -0.2) is 48.2 Å². The van der Waals surface area contributed by atoms with Gasteiger partial charge in [0, 0.05) is 0 Å². The molecule has 0 spiro atoms. The van der Waals surface area contributed by atoms with Crippen molar-refractivity contribution in [1.82, 2.24) is 9.80 Å². The Bertz CT molecular complexity index is 582. The summed E-state index contributed by atoms with van der Waals surface area (Å²) in [6.45, 7) is 1.12. The van der Waals surface area contributed by atoms with Crippen LogP contribution in [0.2, 0.25) is 0 Å². The van der Waals surface area contributed by atoms with E-state index in [2.05, 4.69) is 0 Å². The highest BCUT2D eigenvalue weighted by Crippen LogP contribution is 2.33. The number of carbonyl (C=O) groups is 1. The number of carbonyl (C=O) groups excluding carboxylic acids is 1. The topological polar surface area (TPSA) is 35.9 Å². The van der Waals surface area contributed by atoms with E-state index in [1.54, 1.807) is 17.0 Å². The van der Waals surface area contributed by atoms with Crippen molar-refractivity contribution in [2.24, 2.45) is 10.9 Å². The van der Waals surface area contributed by atoms with Gasteiger partial charge < -0.3 is 4.90 Å². The molecule has 0 unspecified atom stereocenters. The molecule has 1 saturated carbocycles. The van der Waals surface area contributed by atoms with Crippen LogP contribution in [0.5, 0.6) is 0 Å². The maximum absolute atomic E-state index is 13.1. The first-order valence-electron chi connectivity index (χ1n) is 7.82. The van der Waals surface area contributed by atoms with Crippen molar-refractivity contribution in [3.05, 3.63) is 35.6 Å². The number of hydrogen-bond donors (Lipinski definition) is 0. The zero-order valence-corrected chi connectivity index (χ0v) is 13.1. The van der Waals surface area contributed by atoms with Crippen molar-refractivity contribution >= 4 is 11.7 Å². The molecule has 0 radical (unpaired) electrons. The Kier molecular flexibility index (Phi) is 4.25. The monoisotopic (exact) mass is 303 g/mol. The number of amides is 1. The SMILES string of the molecule is CN(C)CC1=N[C@H]2CCC[C@H]2C(=O)N1Cc1ccc(F)cc1. The number of likely N-dealkylation sites (N-methyl/N-ethyl adjacent to an activating group) is 1. The van der Waals surface area contributed by atoms with Crippen LogP contribution in [-0.2, 0) is 11.3 Å². The summed E-state index contributed by atoms with van der Waals surface area (Å²) >= 11 is 0. The average Bonchev–Trinajstić information content (AvgIpc) is 2.93. The average molecular weight is 303 g/mol. The number of rotatable bonds is 4. The van der Waals surface area contributed by atoms with E-state index < -0.39 is 0 Å². The van der Waals surface area contributed by atoms with E-state index in [0.29, 0.717) is 13.1 Å². The Morgan fingerprint density at radius 1 is 1.27 bits per heavy atom. The summed E-state index contributed by atoms with van der Waals surface area (Å²) in [4.78, 5) is 21.5. The Morgan fingerprint density at radius 3 is 2.68 bits per heavy atom. The number of hydrogen-bond acceptors (Lipinski definition) is 3. The molecule has 4 nitrogen and oxygen atoms in total. The summed E-state index contributed by atoms with van der Waals surface area (Å²) in [5, 5.41) is 0. The smallest absolute Gasteiger partial charge is 0.233 e. The highest BCUT2D eigenvalue weighted by molar-refractivity contribution is 6.02. The standard InChI is InChI=1S/C17H22FN3O/c1-20(2)11-16-19-15-5-3-4-14(15)17(22)21(16)10-12-6-8-13(18)9-7-12/h6-9,14-15H,3-5,10-11H2,1-2H3/t14-,15+/m1/s1. The molecule has 22 heavy (non-hydrogen) atoms. The van der Waals surface area contributed by atoms with Crippen LogP contribution in [0.4, 0.5) is 4.39 Å². The van der Waals surface area contributed by atoms with E-state index in [-0.39, 0.29) is 23.7 Å². The first-order valence-corrected chi connectivity index (χ1v) is 7.82. The summed E-state index contributed by atoms with van der Waals surface area (Å²) in [6, 6.07) is 6.50. The van der Waals surface area contributed by atoms with Gasteiger partial charge in [0.15, 0.2) is 0 Å². The van der Waals surface area contributed by atoms with Crippen LogP contribution in [0.15, 0.2) is 29.3 Å². The van der Waals surface area contributed by atoms with Gasteiger partial charge in [-0.2, -0.15) is 0 Å². The van der Waals surface area contributed by atoms with Gasteiger partial charge in [-0.05, 0) is 44.6 Å². The van der Waals surface area contributed by atoms with Crippen LogP contribution < -0.4 is 0 Å². The van der Waals surface area contributed by atoms with E-state index in [1.165, 1.54) is 12.1 Å². The van der Waals surface area contributed by atoms with Gasteiger partial charge in [0.25, 0.3) is 0 Å². The number of aliphatic imine (C=N–C) groups is 1. The molecule has 2 aliphatic rings. The lowest BCUT2D eigenvalue weighted by Crippen LogP contribution is -2.49. The minimum Gasteiger partial charge on any atom is -0.302 e. The molecule has 0 aromatic heterocycles. The first-order chi connectivity index (χ1) is 10.5. The number of benzene rings is 1. The van der Waals surface area contributed by atoms with Crippen molar-refractivity contribution in [1.29, 1.82) is 0 Å². The number of nitrogens with zero attached hydrogens (tertiary/aromatic N) is 3. The molecule has 0 saturated heterocycles. The maximum atomic E-state index is 13.1. The van der Waals surface area contributed by atoms with Gasteiger partial charge >= 0.3 is 0 Å².